The largest absolute Gasteiger partial charge is 0.506 e. The van der Waals surface area contributed by atoms with Crippen LogP contribution in [0.3, 0.4) is 0 Å². The highest BCUT2D eigenvalue weighted by Gasteiger charge is 2.24. The van der Waals surface area contributed by atoms with Gasteiger partial charge in [0.2, 0.25) is 0 Å². The van der Waals surface area contributed by atoms with E-state index in [0.29, 0.717) is 31.7 Å². The van der Waals surface area contributed by atoms with Crippen molar-refractivity contribution in [2.75, 3.05) is 26.2 Å². The molecule has 1 aromatic rings. The molecule has 1 aliphatic rings. The molecule has 1 amide bonds. The summed E-state index contributed by atoms with van der Waals surface area (Å²) in [7, 11) is 0. The minimum Gasteiger partial charge on any atom is -0.506 e. The lowest BCUT2D eigenvalue weighted by molar-refractivity contribution is 0.0615. The Morgan fingerprint density at radius 3 is 2.60 bits per heavy atom. The molecule has 0 spiro atoms. The van der Waals surface area contributed by atoms with Gasteiger partial charge in [0.25, 0.3) is 5.91 Å². The monoisotopic (exact) mass is 293 g/mol. The molecule has 1 fully saturated rings. The molecule has 0 radical (unpaired) electrons. The molecule has 6 heteroatoms. The minimum absolute atomic E-state index is 0.0316. The van der Waals surface area contributed by atoms with Crippen LogP contribution in [0.4, 0.5) is 0 Å². The van der Waals surface area contributed by atoms with Gasteiger partial charge in [0.05, 0.1) is 17.1 Å². The minimum atomic E-state index is -0.129. The van der Waals surface area contributed by atoms with E-state index in [1.54, 1.807) is 11.0 Å². The quantitative estimate of drug-likeness (QED) is 0.901. The molecule has 2 rings (SSSR count). The lowest BCUT2D eigenvalue weighted by atomic mass is 10.1. The van der Waals surface area contributed by atoms with Gasteiger partial charge in [-0.2, -0.15) is 5.26 Å². The Kier molecular flexibility index (Phi) is 4.48. The zero-order valence-electron chi connectivity index (χ0n) is 11.2. The molecule has 1 aliphatic heterocycles. The molecule has 1 unspecified atom stereocenters. The maximum atomic E-state index is 12.3. The van der Waals surface area contributed by atoms with E-state index in [1.807, 2.05) is 11.8 Å². The lowest BCUT2D eigenvalue weighted by Gasteiger charge is -2.35. The molecule has 1 aromatic carbocycles. The van der Waals surface area contributed by atoms with Crippen LogP contribution >= 0.6 is 11.6 Å². The van der Waals surface area contributed by atoms with Crippen LogP contribution in [-0.2, 0) is 0 Å². The van der Waals surface area contributed by atoms with Crippen molar-refractivity contribution >= 4 is 17.5 Å². The van der Waals surface area contributed by atoms with Gasteiger partial charge in [-0.3, -0.25) is 9.69 Å². The van der Waals surface area contributed by atoms with Gasteiger partial charge in [-0.25, -0.2) is 0 Å². The molecule has 20 heavy (non-hydrogen) atoms. The zero-order valence-corrected chi connectivity index (χ0v) is 12.0. The molecular formula is C14H16ClN3O2. The fourth-order valence-electron chi connectivity index (χ4n) is 2.22. The van der Waals surface area contributed by atoms with Crippen molar-refractivity contribution in [3.8, 4) is 11.8 Å². The van der Waals surface area contributed by atoms with Crippen LogP contribution in [0.25, 0.3) is 0 Å². The first-order valence-electron chi connectivity index (χ1n) is 6.44. The van der Waals surface area contributed by atoms with Crippen molar-refractivity contribution in [3.63, 3.8) is 0 Å². The predicted molar refractivity (Wildman–Crippen MR) is 75.7 cm³/mol. The molecule has 1 heterocycles. The van der Waals surface area contributed by atoms with E-state index in [-0.39, 0.29) is 22.7 Å². The van der Waals surface area contributed by atoms with Crippen LogP contribution in [0, 0.1) is 11.3 Å². The average Bonchev–Trinajstić information content (AvgIpc) is 2.48. The normalized spacial score (nSPS) is 17.6. The van der Waals surface area contributed by atoms with Crippen molar-refractivity contribution in [2.24, 2.45) is 0 Å². The highest BCUT2D eigenvalue weighted by molar-refractivity contribution is 6.32. The number of hydrogen-bond donors (Lipinski definition) is 1. The van der Waals surface area contributed by atoms with Gasteiger partial charge in [0.15, 0.2) is 0 Å². The fourth-order valence-corrected chi connectivity index (χ4v) is 2.40. The standard InChI is InChI=1S/C14H16ClN3O2/c1-10(9-16)17-4-6-18(7-5-17)14(20)11-2-3-13(19)12(15)8-11/h2-3,8,10,19H,4-7H2,1H3. The second kappa shape index (κ2) is 6.12. The summed E-state index contributed by atoms with van der Waals surface area (Å²) in [6.45, 7) is 4.41. The molecule has 5 nitrogen and oxygen atoms in total. The number of piperazine rings is 1. The second-order valence-corrected chi connectivity index (χ2v) is 5.21. The predicted octanol–water partition coefficient (Wildman–Crippen LogP) is 1.72. The number of hydrogen-bond acceptors (Lipinski definition) is 4. The lowest BCUT2D eigenvalue weighted by Crippen LogP contribution is -2.51. The van der Waals surface area contributed by atoms with E-state index in [0.717, 1.165) is 0 Å². The third-order valence-electron chi connectivity index (χ3n) is 3.53. The van der Waals surface area contributed by atoms with Crippen LogP contribution in [-0.4, -0.2) is 53.0 Å². The number of benzene rings is 1. The molecule has 0 bridgehead atoms. The Bertz CT molecular complexity index is 548. The maximum absolute atomic E-state index is 12.3. The van der Waals surface area contributed by atoms with Crippen LogP contribution < -0.4 is 0 Å². The summed E-state index contributed by atoms with van der Waals surface area (Å²) in [5.41, 5.74) is 0.467. The first kappa shape index (κ1) is 14.6. The molecule has 0 saturated carbocycles. The number of aromatic hydroxyl groups is 1. The summed E-state index contributed by atoms with van der Waals surface area (Å²) in [6.07, 6.45) is 0. The van der Waals surface area contributed by atoms with Crippen molar-refractivity contribution < 1.29 is 9.90 Å². The van der Waals surface area contributed by atoms with Gasteiger partial charge in [-0.05, 0) is 25.1 Å². The number of carbonyl (C=O) groups is 1. The highest BCUT2D eigenvalue weighted by atomic mass is 35.5. The summed E-state index contributed by atoms with van der Waals surface area (Å²) in [5.74, 6) is -0.132. The number of rotatable bonds is 2. The van der Waals surface area contributed by atoms with Crippen LogP contribution in [0.5, 0.6) is 5.75 Å². The SMILES string of the molecule is CC(C#N)N1CCN(C(=O)c2ccc(O)c(Cl)c2)CC1. The van der Waals surface area contributed by atoms with Gasteiger partial charge in [-0.1, -0.05) is 11.6 Å². The van der Waals surface area contributed by atoms with E-state index >= 15 is 0 Å². The molecule has 0 aromatic heterocycles. The molecule has 1 N–H and O–H groups in total. The summed E-state index contributed by atoms with van der Waals surface area (Å²) < 4.78 is 0. The van der Waals surface area contributed by atoms with Crippen molar-refractivity contribution in [2.45, 2.75) is 13.0 Å². The summed E-state index contributed by atoms with van der Waals surface area (Å²) in [5, 5.41) is 18.4. The number of amides is 1. The third-order valence-corrected chi connectivity index (χ3v) is 3.83. The average molecular weight is 294 g/mol. The van der Waals surface area contributed by atoms with Gasteiger partial charge in [0.1, 0.15) is 5.75 Å². The van der Waals surface area contributed by atoms with Crippen LogP contribution in [0.1, 0.15) is 17.3 Å². The number of phenols is 1. The summed E-state index contributed by atoms with van der Waals surface area (Å²) >= 11 is 5.82. The van der Waals surface area contributed by atoms with E-state index in [1.165, 1.54) is 12.1 Å². The molecule has 106 valence electrons. The number of phenolic OH excluding ortho intramolecular Hbond substituents is 1. The van der Waals surface area contributed by atoms with Crippen LogP contribution in [0.15, 0.2) is 18.2 Å². The first-order chi connectivity index (χ1) is 9.52. The number of carbonyl (C=O) groups excluding carboxylic acids is 1. The van der Waals surface area contributed by atoms with Crippen molar-refractivity contribution in [3.05, 3.63) is 28.8 Å². The van der Waals surface area contributed by atoms with Gasteiger partial charge < -0.3 is 10.0 Å². The number of nitrogens with zero attached hydrogens (tertiary/aromatic N) is 3. The van der Waals surface area contributed by atoms with E-state index < -0.39 is 0 Å². The first-order valence-corrected chi connectivity index (χ1v) is 6.82. The topological polar surface area (TPSA) is 67.6 Å². The van der Waals surface area contributed by atoms with Crippen molar-refractivity contribution in [1.82, 2.24) is 9.80 Å². The molecule has 1 saturated heterocycles. The number of halogens is 1. The Morgan fingerprint density at radius 2 is 2.05 bits per heavy atom. The molecule has 1 atom stereocenters. The van der Waals surface area contributed by atoms with Gasteiger partial charge in [0, 0.05) is 31.7 Å². The zero-order chi connectivity index (χ0) is 14.7. The Labute approximate surface area is 123 Å². The Morgan fingerprint density at radius 1 is 1.40 bits per heavy atom. The third kappa shape index (κ3) is 3.03. The van der Waals surface area contributed by atoms with E-state index in [2.05, 4.69) is 6.07 Å². The highest BCUT2D eigenvalue weighted by Crippen LogP contribution is 2.24. The maximum Gasteiger partial charge on any atom is 0.253 e. The number of nitriles is 1. The summed E-state index contributed by atoms with van der Waals surface area (Å²) in [4.78, 5) is 16.1. The van der Waals surface area contributed by atoms with Crippen LogP contribution in [0.2, 0.25) is 5.02 Å². The van der Waals surface area contributed by atoms with Crippen molar-refractivity contribution in [1.29, 1.82) is 5.26 Å². The smallest absolute Gasteiger partial charge is 0.253 e. The summed E-state index contributed by atoms with van der Waals surface area (Å²) in [6, 6.07) is 6.53. The fraction of sp³-hybridized carbons (Fsp3) is 0.429. The Hall–Kier alpha value is -1.77. The second-order valence-electron chi connectivity index (χ2n) is 4.80. The molecular weight excluding hydrogens is 278 g/mol. The van der Waals surface area contributed by atoms with Gasteiger partial charge >= 0.3 is 0 Å². The van der Waals surface area contributed by atoms with Gasteiger partial charge in [-0.15, -0.1) is 0 Å². The van der Waals surface area contributed by atoms with E-state index in [4.69, 9.17) is 16.9 Å². The van der Waals surface area contributed by atoms with E-state index in [9.17, 15) is 9.90 Å². The molecule has 0 aliphatic carbocycles. The Balaban J connectivity index is 2.01.